The van der Waals surface area contributed by atoms with Gasteiger partial charge in [-0.25, -0.2) is 0 Å². The second-order valence-corrected chi connectivity index (χ2v) is 4.63. The molecule has 0 aromatic heterocycles. The Morgan fingerprint density at radius 1 is 1.19 bits per heavy atom. The van der Waals surface area contributed by atoms with Crippen molar-refractivity contribution >= 4 is 11.8 Å². The zero-order valence-corrected chi connectivity index (χ0v) is 12.3. The highest BCUT2D eigenvalue weighted by atomic mass is 16.3. The average molecular weight is 288 g/mol. The Bertz CT molecular complexity index is 577. The third-order valence-corrected chi connectivity index (χ3v) is 3.00. The zero-order chi connectivity index (χ0) is 15.8. The van der Waals surface area contributed by atoms with Gasteiger partial charge < -0.3 is 15.7 Å². The maximum atomic E-state index is 11.6. The quantitative estimate of drug-likeness (QED) is 0.694. The first-order valence-electron chi connectivity index (χ1n) is 6.57. The first kappa shape index (κ1) is 16.5. The number of carbonyl (C=O) groups is 2. The van der Waals surface area contributed by atoms with Crippen LogP contribution in [0.15, 0.2) is 36.9 Å². The lowest BCUT2D eigenvalue weighted by molar-refractivity contribution is -0.117. The van der Waals surface area contributed by atoms with E-state index in [1.165, 1.54) is 12.2 Å². The summed E-state index contributed by atoms with van der Waals surface area (Å²) >= 11 is 0. The molecule has 0 fully saturated rings. The molecule has 21 heavy (non-hydrogen) atoms. The van der Waals surface area contributed by atoms with Gasteiger partial charge in [0.25, 0.3) is 0 Å². The molecule has 0 saturated carbocycles. The topological polar surface area (TPSA) is 78.4 Å². The minimum atomic E-state index is -0.292. The molecule has 1 aromatic rings. The van der Waals surface area contributed by atoms with E-state index in [1.54, 1.807) is 6.07 Å². The first-order valence-corrected chi connectivity index (χ1v) is 6.57. The van der Waals surface area contributed by atoms with E-state index in [0.717, 1.165) is 17.2 Å². The third kappa shape index (κ3) is 5.52. The van der Waals surface area contributed by atoms with Crippen LogP contribution in [0.1, 0.15) is 16.7 Å². The molecule has 1 rings (SSSR count). The Morgan fingerprint density at radius 2 is 1.86 bits per heavy atom. The summed E-state index contributed by atoms with van der Waals surface area (Å²) in [4.78, 5) is 22.5. The van der Waals surface area contributed by atoms with Gasteiger partial charge in [0, 0.05) is 24.7 Å². The lowest BCUT2D eigenvalue weighted by atomic mass is 10.1. The number of nitrogens with one attached hydrogen (secondary N) is 2. The molecule has 0 atom stereocenters. The second kappa shape index (κ2) is 7.89. The van der Waals surface area contributed by atoms with Gasteiger partial charge in [-0.2, -0.15) is 0 Å². The Hall–Kier alpha value is -2.56. The Labute approximate surface area is 124 Å². The number of aryl methyl sites for hydroxylation is 2. The van der Waals surface area contributed by atoms with Crippen molar-refractivity contribution in [2.45, 2.75) is 20.4 Å². The molecule has 2 amide bonds. The molecule has 0 radical (unpaired) electrons. The van der Waals surface area contributed by atoms with E-state index in [-0.39, 0.29) is 30.7 Å². The summed E-state index contributed by atoms with van der Waals surface area (Å²) in [5.41, 5.74) is 2.72. The maximum absolute atomic E-state index is 11.6. The monoisotopic (exact) mass is 288 g/mol. The Morgan fingerprint density at radius 3 is 2.52 bits per heavy atom. The van der Waals surface area contributed by atoms with Crippen molar-refractivity contribution in [1.29, 1.82) is 0 Å². The lowest BCUT2D eigenvalue weighted by Crippen LogP contribution is -2.23. The van der Waals surface area contributed by atoms with Crippen LogP contribution in [0.2, 0.25) is 0 Å². The van der Waals surface area contributed by atoms with Gasteiger partial charge in [-0.15, -0.1) is 0 Å². The largest absolute Gasteiger partial charge is 0.508 e. The van der Waals surface area contributed by atoms with Crippen LogP contribution in [0, 0.1) is 13.8 Å². The molecule has 112 valence electrons. The van der Waals surface area contributed by atoms with Crippen molar-refractivity contribution in [1.82, 2.24) is 10.6 Å². The van der Waals surface area contributed by atoms with Crippen LogP contribution in [0.25, 0.3) is 0 Å². The van der Waals surface area contributed by atoms with Gasteiger partial charge in [0.1, 0.15) is 5.75 Å². The highest BCUT2D eigenvalue weighted by Crippen LogP contribution is 2.21. The average Bonchev–Trinajstić information content (AvgIpc) is 2.45. The van der Waals surface area contributed by atoms with Crippen LogP contribution in [0.5, 0.6) is 5.75 Å². The van der Waals surface area contributed by atoms with Crippen LogP contribution in [-0.4, -0.2) is 23.5 Å². The van der Waals surface area contributed by atoms with Gasteiger partial charge in [0.15, 0.2) is 0 Å². The van der Waals surface area contributed by atoms with E-state index in [4.69, 9.17) is 0 Å². The van der Waals surface area contributed by atoms with Crippen molar-refractivity contribution < 1.29 is 14.7 Å². The molecule has 0 unspecified atom stereocenters. The molecular weight excluding hydrogens is 268 g/mol. The molecule has 0 aliphatic heterocycles. The number of hydrogen-bond donors (Lipinski definition) is 3. The molecule has 0 aliphatic carbocycles. The van der Waals surface area contributed by atoms with Gasteiger partial charge in [0.05, 0.1) is 0 Å². The van der Waals surface area contributed by atoms with Crippen molar-refractivity contribution in [2.75, 3.05) is 6.54 Å². The minimum absolute atomic E-state index is 0.167. The molecule has 0 heterocycles. The summed E-state index contributed by atoms with van der Waals surface area (Å²) in [5.74, 6) is -0.416. The fourth-order valence-corrected chi connectivity index (χ4v) is 1.64. The molecule has 3 N–H and O–H groups in total. The number of benzene rings is 1. The van der Waals surface area contributed by atoms with Crippen LogP contribution >= 0.6 is 0 Å². The molecule has 0 saturated heterocycles. The van der Waals surface area contributed by atoms with E-state index < -0.39 is 0 Å². The molecular formula is C16H20N2O3. The predicted octanol–water partition coefficient (Wildman–Crippen LogP) is 1.48. The molecule has 0 bridgehead atoms. The van der Waals surface area contributed by atoms with Gasteiger partial charge in [0.2, 0.25) is 11.8 Å². The number of phenols is 1. The number of phenolic OH excluding ortho intramolecular Hbond substituents is 1. The van der Waals surface area contributed by atoms with Gasteiger partial charge >= 0.3 is 0 Å². The fraction of sp³-hybridized carbons (Fsp3) is 0.250. The van der Waals surface area contributed by atoms with E-state index >= 15 is 0 Å². The van der Waals surface area contributed by atoms with Gasteiger partial charge in [-0.1, -0.05) is 18.7 Å². The summed E-state index contributed by atoms with van der Waals surface area (Å²) in [5, 5.41) is 15.0. The normalized spacial score (nSPS) is 10.4. The highest BCUT2D eigenvalue weighted by Gasteiger charge is 2.05. The summed E-state index contributed by atoms with van der Waals surface area (Å²) in [7, 11) is 0. The smallest absolute Gasteiger partial charge is 0.243 e. The van der Waals surface area contributed by atoms with Crippen molar-refractivity contribution in [3.63, 3.8) is 0 Å². The Balaban J connectivity index is 2.46. The predicted molar refractivity (Wildman–Crippen MR) is 81.8 cm³/mol. The number of rotatable bonds is 6. The molecule has 1 aromatic carbocycles. The first-order chi connectivity index (χ1) is 9.93. The third-order valence-electron chi connectivity index (χ3n) is 3.00. The van der Waals surface area contributed by atoms with Crippen LogP contribution in [0.3, 0.4) is 0 Å². The van der Waals surface area contributed by atoms with E-state index in [2.05, 4.69) is 17.2 Å². The highest BCUT2D eigenvalue weighted by molar-refractivity contribution is 5.88. The molecule has 5 heteroatoms. The van der Waals surface area contributed by atoms with Crippen LogP contribution in [-0.2, 0) is 16.1 Å². The summed E-state index contributed by atoms with van der Waals surface area (Å²) in [6.45, 7) is 7.68. The molecule has 0 aliphatic rings. The van der Waals surface area contributed by atoms with Gasteiger partial charge in [-0.05, 0) is 37.1 Å². The molecule has 5 nitrogen and oxygen atoms in total. The lowest BCUT2D eigenvalue weighted by Gasteiger charge is -2.09. The summed E-state index contributed by atoms with van der Waals surface area (Å²) < 4.78 is 0. The summed E-state index contributed by atoms with van der Waals surface area (Å²) in [6.07, 6.45) is 4.04. The summed E-state index contributed by atoms with van der Waals surface area (Å²) in [6, 6.07) is 3.52. The number of aromatic hydroxyl groups is 1. The van der Waals surface area contributed by atoms with Crippen molar-refractivity contribution in [3.8, 4) is 5.75 Å². The molecule has 0 spiro atoms. The van der Waals surface area contributed by atoms with Crippen LogP contribution < -0.4 is 10.6 Å². The van der Waals surface area contributed by atoms with E-state index in [0.29, 0.717) is 5.56 Å². The zero-order valence-electron chi connectivity index (χ0n) is 12.3. The fourth-order valence-electron chi connectivity index (χ4n) is 1.64. The van der Waals surface area contributed by atoms with Crippen molar-refractivity contribution in [2.24, 2.45) is 0 Å². The standard InChI is InChI=1S/C16H20N2O3/c1-4-15(20)17-7-5-6-16(21)18-10-13-8-11(2)12(3)9-14(13)19/h4-6,8-9,19H,1,7,10H2,2-3H3,(H,17,20)(H,18,21)/b6-5+. The number of carbonyl (C=O) groups excluding carboxylic acids is 2. The second-order valence-electron chi connectivity index (χ2n) is 4.63. The van der Waals surface area contributed by atoms with Crippen molar-refractivity contribution in [3.05, 3.63) is 53.6 Å². The van der Waals surface area contributed by atoms with E-state index in [9.17, 15) is 14.7 Å². The number of hydrogen-bond acceptors (Lipinski definition) is 3. The van der Waals surface area contributed by atoms with E-state index in [1.807, 2.05) is 19.9 Å². The number of amides is 2. The Kier molecular flexibility index (Phi) is 6.20. The minimum Gasteiger partial charge on any atom is -0.508 e. The maximum Gasteiger partial charge on any atom is 0.243 e. The SMILES string of the molecule is C=CC(=O)NC/C=C/C(=O)NCc1cc(C)c(C)cc1O. The van der Waals surface area contributed by atoms with Gasteiger partial charge in [-0.3, -0.25) is 9.59 Å². The van der Waals surface area contributed by atoms with Crippen LogP contribution in [0.4, 0.5) is 0 Å².